The van der Waals surface area contributed by atoms with E-state index in [0.717, 1.165) is 6.20 Å². The second-order valence-corrected chi connectivity index (χ2v) is 5.04. The maximum atomic E-state index is 10.6. The van der Waals surface area contributed by atoms with Gasteiger partial charge in [-0.1, -0.05) is 0 Å². The molecule has 0 saturated carbocycles. The van der Waals surface area contributed by atoms with Gasteiger partial charge in [-0.2, -0.15) is 0 Å². The van der Waals surface area contributed by atoms with Gasteiger partial charge in [0.15, 0.2) is 0 Å². The number of primary sulfonamides is 1. The van der Waals surface area contributed by atoms with Crippen LogP contribution in [0, 0.1) is 10.1 Å². The first-order chi connectivity index (χ1) is 7.88. The average Bonchev–Trinajstić information content (AvgIpc) is 2.24. The molecule has 0 atom stereocenters. The Balaban J connectivity index is 2.40. The average molecular weight is 260 g/mol. The molecule has 0 fully saturated rings. The fourth-order valence-electron chi connectivity index (χ4n) is 1.09. The van der Waals surface area contributed by atoms with E-state index in [1.54, 1.807) is 0 Å². The fourth-order valence-corrected chi connectivity index (χ4v) is 1.64. The zero-order valence-electron chi connectivity index (χ0n) is 8.87. The normalized spacial score (nSPS) is 11.1. The highest BCUT2D eigenvalue weighted by atomic mass is 32.2. The van der Waals surface area contributed by atoms with Gasteiger partial charge in [-0.25, -0.2) is 18.5 Å². The van der Waals surface area contributed by atoms with Gasteiger partial charge in [0.25, 0.3) is 5.69 Å². The van der Waals surface area contributed by atoms with E-state index in [1.165, 1.54) is 12.1 Å². The van der Waals surface area contributed by atoms with Crippen molar-refractivity contribution in [3.8, 4) is 0 Å². The molecule has 17 heavy (non-hydrogen) atoms. The van der Waals surface area contributed by atoms with Gasteiger partial charge >= 0.3 is 0 Å². The molecule has 0 aliphatic heterocycles. The molecule has 1 aromatic heterocycles. The second-order valence-electron chi connectivity index (χ2n) is 3.31. The molecular formula is C8H12N4O4S. The van der Waals surface area contributed by atoms with Crippen LogP contribution in [0.25, 0.3) is 0 Å². The maximum absolute atomic E-state index is 10.6. The van der Waals surface area contributed by atoms with E-state index in [9.17, 15) is 18.5 Å². The molecule has 0 radical (unpaired) electrons. The van der Waals surface area contributed by atoms with Gasteiger partial charge in [0.2, 0.25) is 10.0 Å². The summed E-state index contributed by atoms with van der Waals surface area (Å²) in [5, 5.41) is 18.0. The molecule has 0 aliphatic carbocycles. The number of rotatable bonds is 6. The summed E-state index contributed by atoms with van der Waals surface area (Å²) in [5.74, 6) is 0.331. The van der Waals surface area contributed by atoms with E-state index >= 15 is 0 Å². The molecule has 0 unspecified atom stereocenters. The first-order valence-corrected chi connectivity index (χ1v) is 6.45. The van der Waals surface area contributed by atoms with Gasteiger partial charge < -0.3 is 5.32 Å². The van der Waals surface area contributed by atoms with Crippen LogP contribution in [0.2, 0.25) is 0 Å². The second kappa shape index (κ2) is 5.55. The number of sulfonamides is 1. The Hall–Kier alpha value is -1.74. The van der Waals surface area contributed by atoms with Crippen LogP contribution in [-0.2, 0) is 10.0 Å². The van der Waals surface area contributed by atoms with Gasteiger partial charge in [-0.05, 0) is 12.5 Å². The molecule has 0 amide bonds. The Morgan fingerprint density at radius 3 is 2.65 bits per heavy atom. The monoisotopic (exact) mass is 260 g/mol. The van der Waals surface area contributed by atoms with Crippen LogP contribution in [0.15, 0.2) is 18.3 Å². The Labute approximate surface area is 98.0 Å². The van der Waals surface area contributed by atoms with Crippen molar-refractivity contribution < 1.29 is 13.3 Å². The summed E-state index contributed by atoms with van der Waals surface area (Å²) in [6, 6.07) is 2.77. The molecule has 3 N–H and O–H groups in total. The van der Waals surface area contributed by atoms with Crippen molar-refractivity contribution in [1.82, 2.24) is 4.98 Å². The van der Waals surface area contributed by atoms with Crippen LogP contribution >= 0.6 is 0 Å². The standard InChI is InChI=1S/C8H12N4O4S/c9-17(15,16)5-1-4-10-8-3-2-7(6-11-8)12(13)14/h2-3,6H,1,4-5H2,(H,10,11)(H2,9,15,16). The van der Waals surface area contributed by atoms with Crippen molar-refractivity contribution in [3.63, 3.8) is 0 Å². The van der Waals surface area contributed by atoms with E-state index in [1.807, 2.05) is 0 Å². The van der Waals surface area contributed by atoms with E-state index in [-0.39, 0.29) is 11.4 Å². The zero-order valence-corrected chi connectivity index (χ0v) is 9.68. The predicted molar refractivity (Wildman–Crippen MR) is 62.0 cm³/mol. The lowest BCUT2D eigenvalue weighted by Crippen LogP contribution is -2.18. The van der Waals surface area contributed by atoms with E-state index in [2.05, 4.69) is 10.3 Å². The number of nitrogens with one attached hydrogen (secondary N) is 1. The molecule has 0 saturated heterocycles. The van der Waals surface area contributed by atoms with Crippen LogP contribution in [0.4, 0.5) is 11.5 Å². The number of anilines is 1. The third kappa shape index (κ3) is 5.22. The van der Waals surface area contributed by atoms with Crippen LogP contribution in [0.3, 0.4) is 0 Å². The predicted octanol–water partition coefficient (Wildman–Crippen LogP) is 0.0803. The van der Waals surface area contributed by atoms with Crippen LogP contribution in [0.5, 0.6) is 0 Å². The summed E-state index contributed by atoms with van der Waals surface area (Å²) >= 11 is 0. The molecule has 0 aliphatic rings. The third-order valence-corrected chi connectivity index (χ3v) is 2.73. The van der Waals surface area contributed by atoms with Crippen molar-refractivity contribution in [2.24, 2.45) is 5.14 Å². The van der Waals surface area contributed by atoms with Crippen molar-refractivity contribution >= 4 is 21.5 Å². The SMILES string of the molecule is NS(=O)(=O)CCCNc1ccc([N+](=O)[O-])cn1. The first kappa shape index (κ1) is 13.3. The van der Waals surface area contributed by atoms with Crippen LogP contribution in [0.1, 0.15) is 6.42 Å². The number of pyridine rings is 1. The first-order valence-electron chi connectivity index (χ1n) is 4.73. The highest BCUT2D eigenvalue weighted by Gasteiger charge is 2.05. The molecule has 1 heterocycles. The van der Waals surface area contributed by atoms with Crippen molar-refractivity contribution in [1.29, 1.82) is 0 Å². The summed E-state index contributed by atoms with van der Waals surface area (Å²) in [6.07, 6.45) is 1.47. The minimum Gasteiger partial charge on any atom is -0.370 e. The molecule has 0 aromatic carbocycles. The van der Waals surface area contributed by atoms with E-state index in [0.29, 0.717) is 18.8 Å². The molecule has 8 nitrogen and oxygen atoms in total. The van der Waals surface area contributed by atoms with Crippen molar-refractivity contribution in [3.05, 3.63) is 28.4 Å². The minimum absolute atomic E-state index is 0.0971. The smallest absolute Gasteiger partial charge is 0.287 e. The van der Waals surface area contributed by atoms with Gasteiger partial charge in [-0.15, -0.1) is 0 Å². The van der Waals surface area contributed by atoms with Gasteiger partial charge in [0, 0.05) is 12.6 Å². The minimum atomic E-state index is -3.45. The molecular weight excluding hydrogens is 248 g/mol. The lowest BCUT2D eigenvalue weighted by molar-refractivity contribution is -0.385. The number of nitro groups is 1. The Kier molecular flexibility index (Phi) is 4.35. The topological polar surface area (TPSA) is 128 Å². The summed E-state index contributed by atoms with van der Waals surface area (Å²) in [7, 11) is -3.45. The van der Waals surface area contributed by atoms with Gasteiger partial charge in [0.1, 0.15) is 12.0 Å². The number of hydrogen-bond acceptors (Lipinski definition) is 6. The Morgan fingerprint density at radius 2 is 2.18 bits per heavy atom. The van der Waals surface area contributed by atoms with Crippen molar-refractivity contribution in [2.45, 2.75) is 6.42 Å². The lowest BCUT2D eigenvalue weighted by atomic mass is 10.4. The highest BCUT2D eigenvalue weighted by molar-refractivity contribution is 7.89. The zero-order chi connectivity index (χ0) is 12.9. The number of hydrogen-bond donors (Lipinski definition) is 2. The molecule has 0 spiro atoms. The van der Waals surface area contributed by atoms with Gasteiger partial charge in [-0.3, -0.25) is 10.1 Å². The maximum Gasteiger partial charge on any atom is 0.287 e. The highest BCUT2D eigenvalue weighted by Crippen LogP contribution is 2.11. The van der Waals surface area contributed by atoms with E-state index in [4.69, 9.17) is 5.14 Å². The Bertz CT molecular complexity index is 485. The summed E-state index contributed by atoms with van der Waals surface area (Å²) < 4.78 is 21.2. The third-order valence-electron chi connectivity index (χ3n) is 1.87. The molecule has 94 valence electrons. The molecule has 1 aromatic rings. The number of nitrogens with zero attached hydrogens (tertiary/aromatic N) is 2. The summed E-state index contributed by atoms with van der Waals surface area (Å²) in [5.41, 5.74) is -0.0971. The van der Waals surface area contributed by atoms with Crippen LogP contribution < -0.4 is 10.5 Å². The largest absolute Gasteiger partial charge is 0.370 e. The number of nitrogens with two attached hydrogens (primary N) is 1. The molecule has 1 rings (SSSR count). The quantitative estimate of drug-likeness (QED) is 0.423. The molecule has 0 bridgehead atoms. The van der Waals surface area contributed by atoms with Crippen molar-refractivity contribution in [2.75, 3.05) is 17.6 Å². The Morgan fingerprint density at radius 1 is 1.47 bits per heavy atom. The number of aromatic nitrogens is 1. The molecule has 9 heteroatoms. The van der Waals surface area contributed by atoms with Gasteiger partial charge in [0.05, 0.1) is 10.7 Å². The summed E-state index contributed by atoms with van der Waals surface area (Å²) in [6.45, 7) is 0.376. The van der Waals surface area contributed by atoms with E-state index < -0.39 is 14.9 Å². The van der Waals surface area contributed by atoms with Crippen LogP contribution in [-0.4, -0.2) is 30.6 Å². The lowest BCUT2D eigenvalue weighted by Gasteiger charge is -2.03. The fraction of sp³-hybridized carbons (Fsp3) is 0.375. The summed E-state index contributed by atoms with van der Waals surface area (Å²) in [4.78, 5) is 13.6.